The van der Waals surface area contributed by atoms with E-state index in [1.807, 2.05) is 13.8 Å². The second-order valence-corrected chi connectivity index (χ2v) is 4.63. The van der Waals surface area contributed by atoms with Gasteiger partial charge >= 0.3 is 0 Å². The van der Waals surface area contributed by atoms with Crippen molar-refractivity contribution in [1.29, 1.82) is 0 Å². The topological polar surface area (TPSA) is 86.5 Å². The number of amides is 1. The molecule has 1 amide bonds. The predicted octanol–water partition coefficient (Wildman–Crippen LogP) is 1.42. The molecule has 3 N–H and O–H groups in total. The minimum Gasteiger partial charge on any atom is -0.475 e. The van der Waals surface area contributed by atoms with E-state index in [4.69, 9.17) is 15.2 Å². The van der Waals surface area contributed by atoms with E-state index in [0.29, 0.717) is 24.8 Å². The lowest BCUT2D eigenvalue weighted by Crippen LogP contribution is -2.40. The van der Waals surface area contributed by atoms with E-state index >= 15 is 0 Å². The van der Waals surface area contributed by atoms with Gasteiger partial charge in [0.15, 0.2) is 0 Å². The van der Waals surface area contributed by atoms with Crippen LogP contribution in [-0.4, -0.2) is 37.3 Å². The summed E-state index contributed by atoms with van der Waals surface area (Å²) >= 11 is 0. The highest BCUT2D eigenvalue weighted by Gasteiger charge is 2.19. The Bertz CT molecular complexity index is 409. The highest BCUT2D eigenvalue weighted by atomic mass is 16.5. The van der Waals surface area contributed by atoms with E-state index in [2.05, 4.69) is 10.3 Å². The zero-order valence-electron chi connectivity index (χ0n) is 12.3. The summed E-state index contributed by atoms with van der Waals surface area (Å²) in [5.41, 5.74) is 6.46. The second-order valence-electron chi connectivity index (χ2n) is 4.63. The van der Waals surface area contributed by atoms with Gasteiger partial charge in [0.1, 0.15) is 6.61 Å². The fraction of sp³-hybridized carbons (Fsp3) is 0.571. The molecule has 0 aromatic carbocycles. The molecule has 20 heavy (non-hydrogen) atoms. The molecule has 0 saturated carbocycles. The van der Waals surface area contributed by atoms with E-state index in [0.717, 1.165) is 6.42 Å². The number of anilines is 1. The van der Waals surface area contributed by atoms with Gasteiger partial charge in [-0.1, -0.05) is 20.3 Å². The molecule has 6 nitrogen and oxygen atoms in total. The van der Waals surface area contributed by atoms with Crippen molar-refractivity contribution in [1.82, 2.24) is 4.98 Å². The van der Waals surface area contributed by atoms with Gasteiger partial charge in [0.2, 0.25) is 11.8 Å². The number of carbonyl (C=O) groups excluding carboxylic acids is 1. The number of nitrogens with zero attached hydrogens (tertiary/aromatic N) is 1. The smallest absolute Gasteiger partial charge is 0.241 e. The number of pyridine rings is 1. The van der Waals surface area contributed by atoms with Gasteiger partial charge in [-0.2, -0.15) is 0 Å². The number of nitrogens with two attached hydrogens (primary N) is 1. The lowest BCUT2D eigenvalue weighted by atomic mass is 9.99. The van der Waals surface area contributed by atoms with Gasteiger partial charge < -0.3 is 20.5 Å². The number of hydrogen-bond acceptors (Lipinski definition) is 5. The van der Waals surface area contributed by atoms with Crippen LogP contribution in [0.5, 0.6) is 5.88 Å². The first-order valence-electron chi connectivity index (χ1n) is 6.72. The lowest BCUT2D eigenvalue weighted by molar-refractivity contribution is -0.118. The molecule has 1 heterocycles. The number of nitrogens with one attached hydrogen (secondary N) is 1. The fourth-order valence-electron chi connectivity index (χ4n) is 1.51. The van der Waals surface area contributed by atoms with Crippen LogP contribution in [0, 0.1) is 5.92 Å². The standard InChI is InChI=1S/C14H23N3O3/c1-4-10(2)13(15)14(18)17-11-5-6-12(16-9-11)20-8-7-19-3/h5-6,9-10,13H,4,7-8,15H2,1-3H3,(H,17,18)/t10?,13-/m0/s1. The van der Waals surface area contributed by atoms with Crippen LogP contribution in [-0.2, 0) is 9.53 Å². The number of aromatic nitrogens is 1. The van der Waals surface area contributed by atoms with Gasteiger partial charge in [-0.25, -0.2) is 4.98 Å². The quantitative estimate of drug-likeness (QED) is 0.704. The van der Waals surface area contributed by atoms with Crippen LogP contribution in [0.25, 0.3) is 0 Å². The van der Waals surface area contributed by atoms with Crippen LogP contribution in [0.15, 0.2) is 18.3 Å². The SMILES string of the molecule is CCC(C)[C@H](N)C(=O)Nc1ccc(OCCOC)nc1. The summed E-state index contributed by atoms with van der Waals surface area (Å²) in [5.74, 6) is 0.431. The lowest BCUT2D eigenvalue weighted by Gasteiger charge is -2.17. The van der Waals surface area contributed by atoms with Crippen molar-refractivity contribution in [2.45, 2.75) is 26.3 Å². The van der Waals surface area contributed by atoms with Crippen molar-refractivity contribution < 1.29 is 14.3 Å². The zero-order chi connectivity index (χ0) is 15.0. The summed E-state index contributed by atoms with van der Waals surface area (Å²) in [5, 5.41) is 2.74. The molecular formula is C14H23N3O3. The summed E-state index contributed by atoms with van der Waals surface area (Å²) in [7, 11) is 1.61. The van der Waals surface area contributed by atoms with Crippen LogP contribution in [0.2, 0.25) is 0 Å². The molecular weight excluding hydrogens is 258 g/mol. The number of ether oxygens (including phenoxy) is 2. The normalized spacial score (nSPS) is 13.6. The number of rotatable bonds is 8. The molecule has 1 aromatic heterocycles. The zero-order valence-corrected chi connectivity index (χ0v) is 12.3. The number of carbonyl (C=O) groups is 1. The molecule has 0 aliphatic heterocycles. The van der Waals surface area contributed by atoms with Gasteiger partial charge in [0.25, 0.3) is 0 Å². The molecule has 0 bridgehead atoms. The maximum absolute atomic E-state index is 11.9. The van der Waals surface area contributed by atoms with Crippen molar-refractivity contribution in [2.75, 3.05) is 25.6 Å². The van der Waals surface area contributed by atoms with Gasteiger partial charge in [0, 0.05) is 13.2 Å². The van der Waals surface area contributed by atoms with E-state index < -0.39 is 6.04 Å². The summed E-state index contributed by atoms with van der Waals surface area (Å²) in [6, 6.07) is 2.91. The molecule has 1 rings (SSSR count). The van der Waals surface area contributed by atoms with Crippen LogP contribution in [0.3, 0.4) is 0 Å². The maximum atomic E-state index is 11.9. The third kappa shape index (κ3) is 5.14. The van der Waals surface area contributed by atoms with Gasteiger partial charge in [-0.05, 0) is 12.0 Å². The van der Waals surface area contributed by atoms with Crippen LogP contribution < -0.4 is 15.8 Å². The Balaban J connectivity index is 2.50. The fourth-order valence-corrected chi connectivity index (χ4v) is 1.51. The molecule has 0 spiro atoms. The van der Waals surface area contributed by atoms with Gasteiger partial charge in [-0.15, -0.1) is 0 Å². The third-order valence-corrected chi connectivity index (χ3v) is 3.10. The van der Waals surface area contributed by atoms with Crippen molar-refractivity contribution in [2.24, 2.45) is 11.7 Å². The van der Waals surface area contributed by atoms with Crippen molar-refractivity contribution in [3.8, 4) is 5.88 Å². The summed E-state index contributed by atoms with van der Waals surface area (Å²) in [6.07, 6.45) is 2.41. The summed E-state index contributed by atoms with van der Waals surface area (Å²) < 4.78 is 10.2. The van der Waals surface area contributed by atoms with Crippen molar-refractivity contribution in [3.05, 3.63) is 18.3 Å². The Morgan fingerprint density at radius 1 is 1.45 bits per heavy atom. The van der Waals surface area contributed by atoms with Crippen molar-refractivity contribution in [3.63, 3.8) is 0 Å². The molecule has 0 aliphatic rings. The molecule has 2 atom stereocenters. The Hall–Kier alpha value is -1.66. The molecule has 6 heteroatoms. The van der Waals surface area contributed by atoms with Gasteiger partial charge in [-0.3, -0.25) is 4.79 Å². The highest BCUT2D eigenvalue weighted by Crippen LogP contribution is 2.13. The predicted molar refractivity (Wildman–Crippen MR) is 77.7 cm³/mol. The monoisotopic (exact) mass is 281 g/mol. The molecule has 1 aromatic rings. The molecule has 0 saturated heterocycles. The van der Waals surface area contributed by atoms with E-state index in [9.17, 15) is 4.79 Å². The maximum Gasteiger partial charge on any atom is 0.241 e. The Morgan fingerprint density at radius 3 is 2.75 bits per heavy atom. The average molecular weight is 281 g/mol. The number of methoxy groups -OCH3 is 1. The Labute approximate surface area is 119 Å². The Morgan fingerprint density at radius 2 is 2.20 bits per heavy atom. The minimum absolute atomic E-state index is 0.139. The van der Waals surface area contributed by atoms with Crippen LogP contribution >= 0.6 is 0 Å². The highest BCUT2D eigenvalue weighted by molar-refractivity contribution is 5.94. The molecule has 1 unspecified atom stereocenters. The average Bonchev–Trinajstić information content (AvgIpc) is 2.47. The molecule has 0 aliphatic carbocycles. The first kappa shape index (κ1) is 16.4. The minimum atomic E-state index is -0.516. The first-order valence-corrected chi connectivity index (χ1v) is 6.72. The second kappa shape index (κ2) is 8.50. The van der Waals surface area contributed by atoms with E-state index in [1.54, 1.807) is 25.4 Å². The third-order valence-electron chi connectivity index (χ3n) is 3.10. The van der Waals surface area contributed by atoms with Crippen LogP contribution in [0.1, 0.15) is 20.3 Å². The largest absolute Gasteiger partial charge is 0.475 e. The van der Waals surface area contributed by atoms with E-state index in [1.165, 1.54) is 0 Å². The first-order chi connectivity index (χ1) is 9.58. The van der Waals surface area contributed by atoms with Crippen LogP contribution in [0.4, 0.5) is 5.69 Å². The van der Waals surface area contributed by atoms with Crippen molar-refractivity contribution >= 4 is 11.6 Å². The Kier molecular flexibility index (Phi) is 6.97. The molecule has 0 fully saturated rings. The van der Waals surface area contributed by atoms with Gasteiger partial charge in [0.05, 0.1) is 24.5 Å². The summed E-state index contributed by atoms with van der Waals surface area (Å²) in [4.78, 5) is 16.0. The number of hydrogen-bond donors (Lipinski definition) is 2. The van der Waals surface area contributed by atoms with E-state index in [-0.39, 0.29) is 11.8 Å². The summed E-state index contributed by atoms with van der Waals surface area (Å²) in [6.45, 7) is 4.90. The molecule has 0 radical (unpaired) electrons. The molecule has 112 valence electrons.